The second-order valence-corrected chi connectivity index (χ2v) is 5.01. The van der Waals surface area contributed by atoms with Crippen molar-refractivity contribution in [2.75, 3.05) is 7.11 Å². The molecule has 0 aromatic heterocycles. The Morgan fingerprint density at radius 2 is 1.83 bits per heavy atom. The van der Waals surface area contributed by atoms with Crippen LogP contribution < -0.4 is 0 Å². The summed E-state index contributed by atoms with van der Waals surface area (Å²) in [5.41, 5.74) is 1.34. The molecule has 0 N–H and O–H groups in total. The first-order valence-electron chi connectivity index (χ1n) is 6.96. The van der Waals surface area contributed by atoms with Crippen LogP contribution in [0.15, 0.2) is 54.6 Å². The van der Waals surface area contributed by atoms with E-state index in [4.69, 9.17) is 10.00 Å². The van der Waals surface area contributed by atoms with Gasteiger partial charge in [-0.25, -0.2) is 9.18 Å². The zero-order valence-electron chi connectivity index (χ0n) is 12.3. The molecule has 0 amide bonds. The third-order valence-corrected chi connectivity index (χ3v) is 3.71. The third-order valence-electron chi connectivity index (χ3n) is 3.71. The summed E-state index contributed by atoms with van der Waals surface area (Å²) < 4.78 is 19.2. The van der Waals surface area contributed by atoms with Crippen LogP contribution in [0.25, 0.3) is 21.9 Å². The number of esters is 1. The SMILES string of the molecule is COC(=O)c1ccc2cccc(-c3cccc(C#N)c3F)c2c1. The van der Waals surface area contributed by atoms with Crippen molar-refractivity contribution in [3.8, 4) is 17.2 Å². The van der Waals surface area contributed by atoms with Gasteiger partial charge in [0, 0.05) is 5.56 Å². The van der Waals surface area contributed by atoms with Gasteiger partial charge in [-0.1, -0.05) is 36.4 Å². The molecule has 0 bridgehead atoms. The highest BCUT2D eigenvalue weighted by Crippen LogP contribution is 2.32. The van der Waals surface area contributed by atoms with Gasteiger partial charge in [-0.3, -0.25) is 0 Å². The first-order chi connectivity index (χ1) is 11.2. The van der Waals surface area contributed by atoms with Gasteiger partial charge in [0.2, 0.25) is 0 Å². The Hall–Kier alpha value is -3.19. The normalized spacial score (nSPS) is 10.3. The number of ether oxygens (including phenoxy) is 1. The summed E-state index contributed by atoms with van der Waals surface area (Å²) in [7, 11) is 1.31. The number of nitriles is 1. The van der Waals surface area contributed by atoms with Crippen molar-refractivity contribution in [1.82, 2.24) is 0 Å². The van der Waals surface area contributed by atoms with Gasteiger partial charge in [0.25, 0.3) is 0 Å². The molecule has 3 aromatic rings. The lowest BCUT2D eigenvalue weighted by molar-refractivity contribution is 0.0601. The van der Waals surface area contributed by atoms with Gasteiger partial charge in [-0.05, 0) is 34.5 Å². The van der Waals surface area contributed by atoms with Gasteiger partial charge in [-0.15, -0.1) is 0 Å². The fourth-order valence-corrected chi connectivity index (χ4v) is 2.58. The quantitative estimate of drug-likeness (QED) is 0.663. The Kier molecular flexibility index (Phi) is 3.78. The first-order valence-corrected chi connectivity index (χ1v) is 6.96. The molecule has 0 heterocycles. The topological polar surface area (TPSA) is 50.1 Å². The van der Waals surface area contributed by atoms with Crippen LogP contribution in [-0.4, -0.2) is 13.1 Å². The molecule has 0 saturated carbocycles. The number of hydrogen-bond acceptors (Lipinski definition) is 3. The predicted octanol–water partition coefficient (Wildman–Crippen LogP) is 4.30. The Labute approximate surface area is 132 Å². The molecule has 3 nitrogen and oxygen atoms in total. The number of carbonyl (C=O) groups is 1. The van der Waals surface area contributed by atoms with Gasteiger partial charge in [-0.2, -0.15) is 5.26 Å². The summed E-state index contributed by atoms with van der Waals surface area (Å²) in [6, 6.07) is 17.1. The predicted molar refractivity (Wildman–Crippen MR) is 85.4 cm³/mol. The van der Waals surface area contributed by atoms with Crippen LogP contribution in [-0.2, 0) is 4.74 Å². The standard InChI is InChI=1S/C19H12FNO2/c1-23-19(22)13-9-8-12-4-2-6-15(17(12)10-13)16-7-3-5-14(11-21)18(16)20/h2-10H,1H3. The highest BCUT2D eigenvalue weighted by molar-refractivity contribution is 6.01. The number of benzene rings is 3. The van der Waals surface area contributed by atoms with E-state index in [-0.39, 0.29) is 5.56 Å². The van der Waals surface area contributed by atoms with Crippen molar-refractivity contribution >= 4 is 16.7 Å². The fourth-order valence-electron chi connectivity index (χ4n) is 2.58. The Morgan fingerprint density at radius 3 is 2.57 bits per heavy atom. The minimum Gasteiger partial charge on any atom is -0.465 e. The summed E-state index contributed by atoms with van der Waals surface area (Å²) in [4.78, 5) is 11.7. The molecule has 0 aliphatic carbocycles. The highest BCUT2D eigenvalue weighted by atomic mass is 19.1. The van der Waals surface area contributed by atoms with Crippen LogP contribution in [0.3, 0.4) is 0 Å². The highest BCUT2D eigenvalue weighted by Gasteiger charge is 2.14. The molecule has 0 atom stereocenters. The monoisotopic (exact) mass is 305 g/mol. The van der Waals surface area contributed by atoms with E-state index in [2.05, 4.69) is 0 Å². The summed E-state index contributed by atoms with van der Waals surface area (Å²) in [5, 5.41) is 10.6. The van der Waals surface area contributed by atoms with Crippen LogP contribution in [0.4, 0.5) is 4.39 Å². The lowest BCUT2D eigenvalue weighted by atomic mass is 9.95. The van der Waals surface area contributed by atoms with Gasteiger partial charge in [0.15, 0.2) is 0 Å². The van der Waals surface area contributed by atoms with E-state index >= 15 is 0 Å². The number of hydrogen-bond donors (Lipinski definition) is 0. The maximum Gasteiger partial charge on any atom is 0.337 e. The van der Waals surface area contributed by atoms with Crippen molar-refractivity contribution in [2.24, 2.45) is 0 Å². The number of halogens is 1. The molecule has 4 heteroatoms. The molecule has 0 spiro atoms. The summed E-state index contributed by atoms with van der Waals surface area (Å²) >= 11 is 0. The van der Waals surface area contributed by atoms with Crippen LogP contribution in [0.1, 0.15) is 15.9 Å². The van der Waals surface area contributed by atoms with Gasteiger partial charge >= 0.3 is 5.97 Å². The summed E-state index contributed by atoms with van der Waals surface area (Å²) in [5.74, 6) is -1.01. The number of nitrogens with zero attached hydrogens (tertiary/aromatic N) is 1. The molecular formula is C19H12FNO2. The average molecular weight is 305 g/mol. The molecule has 0 fully saturated rings. The van der Waals surface area contributed by atoms with Crippen LogP contribution >= 0.6 is 0 Å². The van der Waals surface area contributed by atoms with E-state index in [1.54, 1.807) is 36.4 Å². The first kappa shape index (κ1) is 14.7. The molecule has 112 valence electrons. The molecule has 0 saturated heterocycles. The number of rotatable bonds is 2. The largest absolute Gasteiger partial charge is 0.465 e. The van der Waals surface area contributed by atoms with E-state index in [0.29, 0.717) is 16.7 Å². The number of carbonyl (C=O) groups excluding carboxylic acids is 1. The van der Waals surface area contributed by atoms with E-state index in [0.717, 1.165) is 10.8 Å². The molecule has 23 heavy (non-hydrogen) atoms. The molecule has 3 rings (SSSR count). The van der Waals surface area contributed by atoms with Crippen molar-refractivity contribution in [3.05, 3.63) is 71.5 Å². The molecule has 0 unspecified atom stereocenters. The zero-order valence-corrected chi connectivity index (χ0v) is 12.3. The van der Waals surface area contributed by atoms with E-state index in [1.165, 1.54) is 13.2 Å². The van der Waals surface area contributed by atoms with Gasteiger partial charge < -0.3 is 4.74 Å². The van der Waals surface area contributed by atoms with Crippen molar-refractivity contribution in [2.45, 2.75) is 0 Å². The second-order valence-electron chi connectivity index (χ2n) is 5.01. The molecule has 0 radical (unpaired) electrons. The van der Waals surface area contributed by atoms with E-state index < -0.39 is 11.8 Å². The third kappa shape index (κ3) is 2.53. The maximum absolute atomic E-state index is 14.5. The summed E-state index contributed by atoms with van der Waals surface area (Å²) in [6.45, 7) is 0. The Balaban J connectivity index is 2.30. The van der Waals surface area contributed by atoms with Crippen molar-refractivity contribution in [1.29, 1.82) is 5.26 Å². The van der Waals surface area contributed by atoms with Crippen LogP contribution in [0, 0.1) is 17.1 Å². The minimum atomic E-state index is -0.564. The molecule has 0 aliphatic heterocycles. The molecular weight excluding hydrogens is 293 g/mol. The number of methoxy groups -OCH3 is 1. The van der Waals surface area contributed by atoms with Crippen LogP contribution in [0.2, 0.25) is 0 Å². The molecule has 0 aliphatic rings. The fraction of sp³-hybridized carbons (Fsp3) is 0.0526. The smallest absolute Gasteiger partial charge is 0.337 e. The average Bonchev–Trinajstić information content (AvgIpc) is 2.60. The zero-order chi connectivity index (χ0) is 16.4. The Morgan fingerprint density at radius 1 is 1.09 bits per heavy atom. The lowest BCUT2D eigenvalue weighted by Gasteiger charge is -2.10. The minimum absolute atomic E-state index is 0.0105. The summed E-state index contributed by atoms with van der Waals surface area (Å²) in [6.07, 6.45) is 0. The van der Waals surface area contributed by atoms with Crippen molar-refractivity contribution in [3.63, 3.8) is 0 Å². The Bertz CT molecular complexity index is 957. The van der Waals surface area contributed by atoms with Gasteiger partial charge in [0.05, 0.1) is 18.2 Å². The molecule has 3 aromatic carbocycles. The van der Waals surface area contributed by atoms with E-state index in [9.17, 15) is 9.18 Å². The lowest BCUT2D eigenvalue weighted by Crippen LogP contribution is -2.00. The van der Waals surface area contributed by atoms with E-state index in [1.807, 2.05) is 18.2 Å². The van der Waals surface area contributed by atoms with Gasteiger partial charge in [0.1, 0.15) is 11.9 Å². The van der Waals surface area contributed by atoms with Crippen molar-refractivity contribution < 1.29 is 13.9 Å². The van der Waals surface area contributed by atoms with Crippen LogP contribution in [0.5, 0.6) is 0 Å². The number of fused-ring (bicyclic) bond motifs is 1. The maximum atomic E-state index is 14.5. The second kappa shape index (κ2) is 5.90.